The normalized spacial score (nSPS) is 17.0. The number of nitrogens with one attached hydrogen (secondary N) is 1. The molecule has 1 saturated heterocycles. The topological polar surface area (TPSA) is 75.7 Å². The van der Waals surface area contributed by atoms with Crippen LogP contribution in [-0.4, -0.2) is 30.4 Å². The highest BCUT2D eigenvalue weighted by Crippen LogP contribution is 2.29. The first-order chi connectivity index (χ1) is 14.3. The maximum Gasteiger partial charge on any atom is 0.312 e. The standard InChI is InChI=1S/C24H28N2O4/c1-5-18-8-6-7-9-21(18)26-14-19(13-22(26)27)24(29)30-17(4)23(28)25-20-12-15(2)10-11-16(20)3/h6-12,17,19H,5,13-14H2,1-4H3,(H,25,28)/t17-,19+/m0/s1. The number of rotatable bonds is 6. The molecule has 30 heavy (non-hydrogen) atoms. The minimum absolute atomic E-state index is 0.0855. The van der Waals surface area contributed by atoms with Gasteiger partial charge in [0, 0.05) is 24.3 Å². The Morgan fingerprint density at radius 1 is 1.20 bits per heavy atom. The van der Waals surface area contributed by atoms with Crippen LogP contribution < -0.4 is 10.2 Å². The SMILES string of the molecule is CCc1ccccc1N1C[C@H](C(=O)O[C@@H](C)C(=O)Nc2cc(C)ccc2C)CC1=O. The number of para-hydroxylation sites is 1. The van der Waals surface area contributed by atoms with Gasteiger partial charge in [-0.1, -0.05) is 37.3 Å². The van der Waals surface area contributed by atoms with Crippen molar-refractivity contribution in [2.75, 3.05) is 16.8 Å². The third-order valence-corrected chi connectivity index (χ3v) is 5.43. The second kappa shape index (κ2) is 9.11. The van der Waals surface area contributed by atoms with Gasteiger partial charge < -0.3 is 15.0 Å². The maximum atomic E-state index is 12.6. The average Bonchev–Trinajstić information content (AvgIpc) is 3.12. The number of hydrogen-bond acceptors (Lipinski definition) is 4. The highest BCUT2D eigenvalue weighted by molar-refractivity contribution is 6.01. The maximum absolute atomic E-state index is 12.6. The van der Waals surface area contributed by atoms with E-state index in [0.717, 1.165) is 28.8 Å². The summed E-state index contributed by atoms with van der Waals surface area (Å²) in [5, 5.41) is 2.81. The molecule has 2 aromatic carbocycles. The van der Waals surface area contributed by atoms with Crippen molar-refractivity contribution in [1.82, 2.24) is 0 Å². The van der Waals surface area contributed by atoms with E-state index < -0.39 is 23.9 Å². The molecule has 2 amide bonds. The van der Waals surface area contributed by atoms with Crippen LogP contribution in [0.2, 0.25) is 0 Å². The van der Waals surface area contributed by atoms with Crippen LogP contribution in [0.4, 0.5) is 11.4 Å². The molecule has 0 aromatic heterocycles. The Bertz CT molecular complexity index is 969. The van der Waals surface area contributed by atoms with Crippen LogP contribution in [0.5, 0.6) is 0 Å². The lowest BCUT2D eigenvalue weighted by Crippen LogP contribution is -2.33. The van der Waals surface area contributed by atoms with Crippen LogP contribution in [0.25, 0.3) is 0 Å². The molecule has 0 aliphatic carbocycles. The number of ether oxygens (including phenoxy) is 1. The van der Waals surface area contributed by atoms with Crippen LogP contribution >= 0.6 is 0 Å². The van der Waals surface area contributed by atoms with Gasteiger partial charge in [-0.3, -0.25) is 14.4 Å². The number of carbonyl (C=O) groups is 3. The second-order valence-corrected chi connectivity index (χ2v) is 7.77. The van der Waals surface area contributed by atoms with Gasteiger partial charge in [0.1, 0.15) is 0 Å². The predicted octanol–water partition coefficient (Wildman–Crippen LogP) is 3.79. The van der Waals surface area contributed by atoms with Gasteiger partial charge in [-0.05, 0) is 56.0 Å². The summed E-state index contributed by atoms with van der Waals surface area (Å²) < 4.78 is 5.40. The first kappa shape index (κ1) is 21.6. The molecule has 0 saturated carbocycles. The van der Waals surface area contributed by atoms with Gasteiger partial charge in [0.25, 0.3) is 5.91 Å². The largest absolute Gasteiger partial charge is 0.452 e. The van der Waals surface area contributed by atoms with Gasteiger partial charge in [-0.2, -0.15) is 0 Å². The molecule has 0 unspecified atom stereocenters. The molecule has 1 N–H and O–H groups in total. The first-order valence-corrected chi connectivity index (χ1v) is 10.3. The zero-order valence-electron chi connectivity index (χ0n) is 17.9. The van der Waals surface area contributed by atoms with Crippen molar-refractivity contribution in [2.24, 2.45) is 5.92 Å². The number of amides is 2. The quantitative estimate of drug-likeness (QED) is 0.738. The average molecular weight is 408 g/mol. The van der Waals surface area contributed by atoms with E-state index in [2.05, 4.69) is 5.32 Å². The fourth-order valence-corrected chi connectivity index (χ4v) is 3.60. The van der Waals surface area contributed by atoms with Gasteiger partial charge in [-0.15, -0.1) is 0 Å². The first-order valence-electron chi connectivity index (χ1n) is 10.3. The zero-order chi connectivity index (χ0) is 21.8. The van der Waals surface area contributed by atoms with E-state index in [1.165, 1.54) is 0 Å². The molecule has 1 heterocycles. The van der Waals surface area contributed by atoms with Crippen LogP contribution in [-0.2, 0) is 25.5 Å². The number of anilines is 2. The fraction of sp³-hybridized carbons (Fsp3) is 0.375. The Morgan fingerprint density at radius 2 is 1.93 bits per heavy atom. The Hall–Kier alpha value is -3.15. The number of aryl methyl sites for hydroxylation is 3. The Balaban J connectivity index is 1.62. The number of hydrogen-bond donors (Lipinski definition) is 1. The van der Waals surface area contributed by atoms with E-state index >= 15 is 0 Å². The van der Waals surface area contributed by atoms with E-state index in [9.17, 15) is 14.4 Å². The van der Waals surface area contributed by atoms with E-state index in [4.69, 9.17) is 4.74 Å². The molecule has 2 atom stereocenters. The van der Waals surface area contributed by atoms with Crippen LogP contribution in [0.1, 0.15) is 37.0 Å². The number of esters is 1. The van der Waals surface area contributed by atoms with Crippen molar-refractivity contribution in [3.05, 3.63) is 59.2 Å². The van der Waals surface area contributed by atoms with Gasteiger partial charge in [-0.25, -0.2) is 0 Å². The third kappa shape index (κ3) is 4.70. The smallest absolute Gasteiger partial charge is 0.312 e. The monoisotopic (exact) mass is 408 g/mol. The van der Waals surface area contributed by atoms with Gasteiger partial charge in [0.05, 0.1) is 5.92 Å². The summed E-state index contributed by atoms with van der Waals surface area (Å²) in [6.45, 7) is 7.68. The molecule has 6 nitrogen and oxygen atoms in total. The highest BCUT2D eigenvalue weighted by atomic mass is 16.5. The third-order valence-electron chi connectivity index (χ3n) is 5.43. The van der Waals surface area contributed by atoms with E-state index in [0.29, 0.717) is 5.69 Å². The van der Waals surface area contributed by atoms with Crippen molar-refractivity contribution < 1.29 is 19.1 Å². The summed E-state index contributed by atoms with van der Waals surface area (Å²) in [6, 6.07) is 13.5. The van der Waals surface area contributed by atoms with Crippen molar-refractivity contribution in [2.45, 2.75) is 46.6 Å². The van der Waals surface area contributed by atoms with Crippen molar-refractivity contribution >= 4 is 29.2 Å². The van der Waals surface area contributed by atoms with Crippen LogP contribution in [0.3, 0.4) is 0 Å². The summed E-state index contributed by atoms with van der Waals surface area (Å²) in [5.74, 6) is -1.61. The predicted molar refractivity (Wildman–Crippen MR) is 116 cm³/mol. The second-order valence-electron chi connectivity index (χ2n) is 7.77. The molecule has 1 aliphatic rings. The molecular weight excluding hydrogens is 380 g/mol. The Labute approximate surface area is 177 Å². The highest BCUT2D eigenvalue weighted by Gasteiger charge is 2.37. The Kier molecular flexibility index (Phi) is 6.55. The number of nitrogens with zero attached hydrogens (tertiary/aromatic N) is 1. The van der Waals surface area contributed by atoms with E-state index in [1.807, 2.05) is 63.2 Å². The van der Waals surface area contributed by atoms with Crippen LogP contribution in [0, 0.1) is 19.8 Å². The lowest BCUT2D eigenvalue weighted by atomic mass is 10.1. The lowest BCUT2D eigenvalue weighted by Gasteiger charge is -2.20. The molecule has 3 rings (SSSR count). The molecular formula is C24H28N2O4. The molecule has 1 fully saturated rings. The summed E-state index contributed by atoms with van der Waals surface area (Å²) in [5.41, 5.74) is 4.54. The zero-order valence-corrected chi connectivity index (χ0v) is 17.9. The molecule has 0 radical (unpaired) electrons. The van der Waals surface area contributed by atoms with Gasteiger partial charge in [0.15, 0.2) is 6.10 Å². The van der Waals surface area contributed by atoms with Crippen LogP contribution in [0.15, 0.2) is 42.5 Å². The summed E-state index contributed by atoms with van der Waals surface area (Å²) in [6.07, 6.45) is -0.0724. The summed E-state index contributed by atoms with van der Waals surface area (Å²) >= 11 is 0. The van der Waals surface area contributed by atoms with Crippen molar-refractivity contribution in [3.8, 4) is 0 Å². The number of benzene rings is 2. The van der Waals surface area contributed by atoms with E-state index in [-0.39, 0.29) is 18.9 Å². The minimum Gasteiger partial charge on any atom is -0.452 e. The summed E-state index contributed by atoms with van der Waals surface area (Å²) in [7, 11) is 0. The molecule has 2 aromatic rings. The van der Waals surface area contributed by atoms with Gasteiger partial charge in [0.2, 0.25) is 5.91 Å². The Morgan fingerprint density at radius 3 is 2.67 bits per heavy atom. The number of carbonyl (C=O) groups excluding carboxylic acids is 3. The van der Waals surface area contributed by atoms with Crippen molar-refractivity contribution in [1.29, 1.82) is 0 Å². The molecule has 6 heteroatoms. The van der Waals surface area contributed by atoms with Crippen molar-refractivity contribution in [3.63, 3.8) is 0 Å². The van der Waals surface area contributed by atoms with E-state index in [1.54, 1.807) is 11.8 Å². The minimum atomic E-state index is -0.954. The molecule has 0 spiro atoms. The molecule has 1 aliphatic heterocycles. The van der Waals surface area contributed by atoms with Gasteiger partial charge >= 0.3 is 5.97 Å². The fourth-order valence-electron chi connectivity index (χ4n) is 3.60. The molecule has 0 bridgehead atoms. The molecule has 158 valence electrons. The lowest BCUT2D eigenvalue weighted by molar-refractivity contribution is -0.157. The summed E-state index contributed by atoms with van der Waals surface area (Å²) in [4.78, 5) is 39.3.